The maximum Gasteiger partial charge on any atom is 0.266 e. The normalized spacial score (nSPS) is 10.9. The van der Waals surface area contributed by atoms with Crippen molar-refractivity contribution in [2.75, 3.05) is 5.73 Å². The largest absolute Gasteiger partial charge is 0.434 e. The third-order valence-corrected chi connectivity index (χ3v) is 2.39. The molecule has 0 amide bonds. The monoisotopic (exact) mass is 246 g/mol. The van der Waals surface area contributed by atoms with Gasteiger partial charge in [-0.1, -0.05) is 23.7 Å². The van der Waals surface area contributed by atoms with E-state index in [1.807, 2.05) is 24.3 Å². The number of hydrogen-bond acceptors (Lipinski definition) is 5. The van der Waals surface area contributed by atoms with Crippen molar-refractivity contribution in [3.63, 3.8) is 0 Å². The lowest BCUT2D eigenvalue weighted by molar-refractivity contribution is 0.613. The molecule has 0 unspecified atom stereocenters. The van der Waals surface area contributed by atoms with E-state index in [9.17, 15) is 0 Å². The molecule has 2 N–H and O–H groups in total. The molecule has 0 spiro atoms. The Morgan fingerprint density at radius 3 is 2.71 bits per heavy atom. The minimum absolute atomic E-state index is 0.259. The predicted octanol–water partition coefficient (Wildman–Crippen LogP) is 2.52. The number of nitrogens with two attached hydrogens (primary N) is 1. The first-order chi connectivity index (χ1) is 8.22. The fraction of sp³-hybridized carbons (Fsp3) is 0. The first kappa shape index (κ1) is 10.0. The number of nitrogens with zero attached hydrogens (tertiary/aromatic N) is 3. The summed E-state index contributed by atoms with van der Waals surface area (Å²) in [5.74, 6) is 0.869. The van der Waals surface area contributed by atoms with E-state index in [0.29, 0.717) is 11.5 Å². The zero-order valence-electron chi connectivity index (χ0n) is 8.59. The summed E-state index contributed by atoms with van der Waals surface area (Å²) in [5, 5.41) is 0.259. The molecule has 3 rings (SSSR count). The van der Waals surface area contributed by atoms with Crippen LogP contribution >= 0.6 is 11.6 Å². The number of fused-ring (bicyclic) bond motifs is 1. The fourth-order valence-electron chi connectivity index (χ4n) is 1.50. The number of oxazole rings is 1. The average molecular weight is 247 g/mol. The van der Waals surface area contributed by atoms with Crippen LogP contribution < -0.4 is 5.73 Å². The molecule has 0 atom stereocenters. The van der Waals surface area contributed by atoms with Crippen molar-refractivity contribution in [1.29, 1.82) is 0 Å². The molecule has 0 fully saturated rings. The lowest BCUT2D eigenvalue weighted by Crippen LogP contribution is -1.95. The first-order valence-corrected chi connectivity index (χ1v) is 5.26. The predicted molar refractivity (Wildman–Crippen MR) is 64.5 cm³/mol. The third kappa shape index (κ3) is 1.81. The highest BCUT2D eigenvalue weighted by Gasteiger charge is 2.11. The number of para-hydroxylation sites is 2. The van der Waals surface area contributed by atoms with Gasteiger partial charge in [0.2, 0.25) is 5.82 Å². The van der Waals surface area contributed by atoms with Crippen LogP contribution in [0, 0.1) is 0 Å². The smallest absolute Gasteiger partial charge is 0.266 e. The molecule has 0 saturated carbocycles. The van der Waals surface area contributed by atoms with E-state index in [1.165, 1.54) is 6.07 Å². The van der Waals surface area contributed by atoms with Crippen molar-refractivity contribution in [2.24, 2.45) is 0 Å². The van der Waals surface area contributed by atoms with E-state index in [0.717, 1.165) is 5.52 Å². The van der Waals surface area contributed by atoms with Crippen molar-refractivity contribution in [1.82, 2.24) is 15.0 Å². The summed E-state index contributed by atoms with van der Waals surface area (Å²) in [7, 11) is 0. The first-order valence-electron chi connectivity index (χ1n) is 4.88. The number of benzene rings is 1. The van der Waals surface area contributed by atoms with Crippen LogP contribution in [0.5, 0.6) is 0 Å². The molecule has 0 aliphatic rings. The second-order valence-electron chi connectivity index (χ2n) is 3.43. The molecular weight excluding hydrogens is 240 g/mol. The summed E-state index contributed by atoms with van der Waals surface area (Å²) in [5.41, 5.74) is 7.00. The van der Waals surface area contributed by atoms with Gasteiger partial charge in [-0.25, -0.2) is 15.0 Å². The maximum atomic E-state index is 5.80. The minimum Gasteiger partial charge on any atom is -0.434 e. The molecule has 0 bridgehead atoms. The Balaban J connectivity index is 2.20. The maximum absolute atomic E-state index is 5.80. The quantitative estimate of drug-likeness (QED) is 0.668. The van der Waals surface area contributed by atoms with Gasteiger partial charge in [0.25, 0.3) is 5.89 Å². The van der Waals surface area contributed by atoms with Crippen LogP contribution in [-0.4, -0.2) is 15.0 Å². The fourth-order valence-corrected chi connectivity index (χ4v) is 1.69. The molecule has 2 heterocycles. The average Bonchev–Trinajstić information content (AvgIpc) is 2.71. The van der Waals surface area contributed by atoms with Gasteiger partial charge in [-0.2, -0.15) is 0 Å². The van der Waals surface area contributed by atoms with Gasteiger partial charge in [0.15, 0.2) is 5.58 Å². The Morgan fingerprint density at radius 2 is 1.94 bits per heavy atom. The molecule has 17 heavy (non-hydrogen) atoms. The molecule has 6 heteroatoms. The van der Waals surface area contributed by atoms with E-state index in [2.05, 4.69) is 15.0 Å². The molecule has 0 aliphatic heterocycles. The van der Waals surface area contributed by atoms with Gasteiger partial charge < -0.3 is 10.2 Å². The van der Waals surface area contributed by atoms with E-state index in [4.69, 9.17) is 21.8 Å². The lowest BCUT2D eigenvalue weighted by atomic mass is 10.3. The van der Waals surface area contributed by atoms with Crippen LogP contribution in [0.4, 0.5) is 5.82 Å². The summed E-state index contributed by atoms with van der Waals surface area (Å²) in [6.45, 7) is 0. The van der Waals surface area contributed by atoms with Crippen molar-refractivity contribution >= 4 is 28.5 Å². The second-order valence-corrected chi connectivity index (χ2v) is 3.81. The summed E-state index contributed by atoms with van der Waals surface area (Å²) in [6.07, 6.45) is 0. The van der Waals surface area contributed by atoms with Crippen molar-refractivity contribution < 1.29 is 4.42 Å². The van der Waals surface area contributed by atoms with Crippen LogP contribution in [-0.2, 0) is 0 Å². The van der Waals surface area contributed by atoms with Gasteiger partial charge in [0, 0.05) is 6.07 Å². The second kappa shape index (κ2) is 3.71. The highest BCUT2D eigenvalue weighted by atomic mass is 35.5. The molecule has 84 valence electrons. The van der Waals surface area contributed by atoms with Gasteiger partial charge >= 0.3 is 0 Å². The van der Waals surface area contributed by atoms with E-state index >= 15 is 0 Å². The van der Waals surface area contributed by atoms with Crippen molar-refractivity contribution in [3.8, 4) is 11.7 Å². The number of aromatic nitrogens is 3. The molecule has 5 nitrogen and oxygen atoms in total. The topological polar surface area (TPSA) is 77.8 Å². The van der Waals surface area contributed by atoms with Gasteiger partial charge in [-0.15, -0.1) is 0 Å². The number of anilines is 1. The number of halogens is 1. The Labute approximate surface area is 101 Å². The molecule has 0 aliphatic carbocycles. The molecule has 0 radical (unpaired) electrons. The van der Waals surface area contributed by atoms with Gasteiger partial charge in [0.1, 0.15) is 16.5 Å². The summed E-state index contributed by atoms with van der Waals surface area (Å²) in [4.78, 5) is 12.3. The Hall–Kier alpha value is -2.14. The third-order valence-electron chi connectivity index (χ3n) is 2.20. The van der Waals surface area contributed by atoms with E-state index < -0.39 is 0 Å². The zero-order chi connectivity index (χ0) is 11.8. The number of nitrogen functional groups attached to an aromatic ring is 1. The minimum atomic E-state index is 0.259. The van der Waals surface area contributed by atoms with Crippen LogP contribution in [0.3, 0.4) is 0 Å². The lowest BCUT2D eigenvalue weighted by Gasteiger charge is -1.96. The summed E-state index contributed by atoms with van der Waals surface area (Å²) in [6, 6.07) is 8.87. The van der Waals surface area contributed by atoms with Crippen LogP contribution in [0.15, 0.2) is 34.7 Å². The van der Waals surface area contributed by atoms with Crippen molar-refractivity contribution in [3.05, 3.63) is 35.5 Å². The summed E-state index contributed by atoms with van der Waals surface area (Å²) < 4.78 is 5.51. The highest BCUT2D eigenvalue weighted by Crippen LogP contribution is 2.23. The zero-order valence-corrected chi connectivity index (χ0v) is 9.35. The Kier molecular flexibility index (Phi) is 2.19. The van der Waals surface area contributed by atoms with Gasteiger partial charge in [-0.05, 0) is 12.1 Å². The molecule has 3 aromatic rings. The molecular formula is C11H7ClN4O. The van der Waals surface area contributed by atoms with Gasteiger partial charge in [0.05, 0.1) is 0 Å². The Morgan fingerprint density at radius 1 is 1.12 bits per heavy atom. The van der Waals surface area contributed by atoms with E-state index in [-0.39, 0.29) is 16.8 Å². The van der Waals surface area contributed by atoms with E-state index in [1.54, 1.807) is 0 Å². The van der Waals surface area contributed by atoms with Crippen LogP contribution in [0.25, 0.3) is 22.8 Å². The summed E-state index contributed by atoms with van der Waals surface area (Å²) >= 11 is 5.80. The molecule has 1 aromatic carbocycles. The SMILES string of the molecule is Nc1cc(Cl)nc(-c2nc3ccccc3o2)n1. The highest BCUT2D eigenvalue weighted by molar-refractivity contribution is 6.29. The number of rotatable bonds is 1. The molecule has 0 saturated heterocycles. The van der Waals surface area contributed by atoms with Crippen LogP contribution in [0.1, 0.15) is 0 Å². The molecule has 2 aromatic heterocycles. The Bertz CT molecular complexity index is 642. The number of hydrogen-bond donors (Lipinski definition) is 1. The van der Waals surface area contributed by atoms with Crippen molar-refractivity contribution in [2.45, 2.75) is 0 Å². The van der Waals surface area contributed by atoms with Crippen LogP contribution in [0.2, 0.25) is 5.15 Å². The van der Waals surface area contributed by atoms with Gasteiger partial charge in [-0.3, -0.25) is 0 Å². The standard InChI is InChI=1S/C11H7ClN4O/c12-8-5-9(13)16-10(15-8)11-14-6-3-1-2-4-7(6)17-11/h1-5H,(H2,13,15,16).